The molecule has 1 aromatic heterocycles. The van der Waals surface area contributed by atoms with Gasteiger partial charge in [-0.2, -0.15) is 8.78 Å². The van der Waals surface area contributed by atoms with Crippen molar-refractivity contribution >= 4 is 5.97 Å². The molecule has 0 atom stereocenters. The topological polar surface area (TPSA) is 67.1 Å². The molecule has 0 N–H and O–H groups in total. The van der Waals surface area contributed by atoms with Gasteiger partial charge in [0.2, 0.25) is 5.76 Å². The number of carbonyl (C=O) groups excluding carboxylic acids is 1. The Balaban J connectivity index is 1.99. The van der Waals surface area contributed by atoms with E-state index in [0.717, 1.165) is 0 Å². The Kier molecular flexibility index (Phi) is 6.14. The van der Waals surface area contributed by atoms with E-state index in [2.05, 4.69) is 4.74 Å². The maximum Gasteiger partial charge on any atom is 0.387 e. The predicted molar refractivity (Wildman–Crippen MR) is 78.2 cm³/mol. The van der Waals surface area contributed by atoms with Crippen LogP contribution in [0.15, 0.2) is 34.7 Å². The molecule has 0 spiro atoms. The lowest BCUT2D eigenvalue weighted by atomic mass is 10.2. The summed E-state index contributed by atoms with van der Waals surface area (Å²) in [5, 5.41) is 0. The second kappa shape index (κ2) is 8.30. The normalized spacial score (nSPS) is 10.7. The lowest BCUT2D eigenvalue weighted by molar-refractivity contribution is -0.0512. The van der Waals surface area contributed by atoms with E-state index in [1.165, 1.54) is 38.5 Å². The molecule has 0 aliphatic rings. The van der Waals surface area contributed by atoms with Gasteiger partial charge in [-0.05, 0) is 29.8 Å². The van der Waals surface area contributed by atoms with Crippen molar-refractivity contribution in [2.75, 3.05) is 14.2 Å². The van der Waals surface area contributed by atoms with Crippen LogP contribution in [-0.4, -0.2) is 26.8 Å². The molecule has 0 amide bonds. The summed E-state index contributed by atoms with van der Waals surface area (Å²) in [5.41, 5.74) is 0.547. The number of methoxy groups -OCH3 is 2. The van der Waals surface area contributed by atoms with Gasteiger partial charge in [0.05, 0.1) is 7.11 Å². The van der Waals surface area contributed by atoms with Gasteiger partial charge in [0.15, 0.2) is 11.5 Å². The van der Waals surface area contributed by atoms with E-state index < -0.39 is 12.6 Å². The van der Waals surface area contributed by atoms with Gasteiger partial charge in [-0.3, -0.25) is 0 Å². The van der Waals surface area contributed by atoms with E-state index in [1.54, 1.807) is 6.07 Å². The van der Waals surface area contributed by atoms with Gasteiger partial charge >= 0.3 is 12.6 Å². The van der Waals surface area contributed by atoms with Gasteiger partial charge < -0.3 is 23.4 Å². The minimum absolute atomic E-state index is 0.0478. The van der Waals surface area contributed by atoms with E-state index in [0.29, 0.717) is 11.3 Å². The fraction of sp³-hybridized carbons (Fsp3) is 0.312. The minimum atomic E-state index is -2.96. The SMILES string of the molecule is COCc1ccc(C(=O)OCc2ccc(OC(F)F)c(OC)c2)o1. The number of hydrogen-bond acceptors (Lipinski definition) is 6. The minimum Gasteiger partial charge on any atom is -0.493 e. The van der Waals surface area contributed by atoms with E-state index in [-0.39, 0.29) is 30.5 Å². The van der Waals surface area contributed by atoms with Crippen LogP contribution in [0.25, 0.3) is 0 Å². The van der Waals surface area contributed by atoms with Gasteiger partial charge in [0.1, 0.15) is 19.0 Å². The number of ether oxygens (including phenoxy) is 4. The third-order valence-corrected chi connectivity index (χ3v) is 2.96. The number of benzene rings is 1. The molecule has 0 saturated carbocycles. The van der Waals surface area contributed by atoms with Crippen LogP contribution >= 0.6 is 0 Å². The van der Waals surface area contributed by atoms with Crippen molar-refractivity contribution in [2.24, 2.45) is 0 Å². The highest BCUT2D eigenvalue weighted by atomic mass is 19.3. The first-order valence-corrected chi connectivity index (χ1v) is 6.90. The molecule has 0 radical (unpaired) electrons. The molecule has 1 aromatic carbocycles. The Labute approximate surface area is 136 Å². The van der Waals surface area contributed by atoms with E-state index in [9.17, 15) is 13.6 Å². The Morgan fingerprint density at radius 2 is 1.92 bits per heavy atom. The van der Waals surface area contributed by atoms with Gasteiger partial charge in [-0.1, -0.05) is 6.07 Å². The predicted octanol–water partition coefficient (Wildman–Crippen LogP) is 3.39. The average molecular weight is 342 g/mol. The summed E-state index contributed by atoms with van der Waals surface area (Å²) in [4.78, 5) is 11.9. The summed E-state index contributed by atoms with van der Waals surface area (Å²) < 4.78 is 49.1. The summed E-state index contributed by atoms with van der Waals surface area (Å²) in [6, 6.07) is 7.35. The van der Waals surface area contributed by atoms with Crippen LogP contribution in [0.1, 0.15) is 21.9 Å². The lowest BCUT2D eigenvalue weighted by Gasteiger charge is -2.11. The maximum absolute atomic E-state index is 12.3. The zero-order chi connectivity index (χ0) is 17.5. The molecule has 6 nitrogen and oxygen atoms in total. The van der Waals surface area contributed by atoms with Gasteiger partial charge in [-0.25, -0.2) is 4.79 Å². The maximum atomic E-state index is 12.3. The number of esters is 1. The first kappa shape index (κ1) is 17.7. The number of carbonyl (C=O) groups is 1. The standard InChI is InChI=1S/C16H16F2O6/c1-20-9-11-4-6-13(23-11)15(19)22-8-10-3-5-12(24-16(17)18)14(7-10)21-2/h3-7,16H,8-9H2,1-2H3. The third kappa shape index (κ3) is 4.69. The van der Waals surface area contributed by atoms with Crippen LogP contribution in [0.3, 0.4) is 0 Å². The molecule has 0 fully saturated rings. The van der Waals surface area contributed by atoms with Crippen molar-refractivity contribution in [3.8, 4) is 11.5 Å². The molecule has 0 aliphatic carbocycles. The van der Waals surface area contributed by atoms with Crippen LogP contribution in [0.2, 0.25) is 0 Å². The van der Waals surface area contributed by atoms with E-state index in [1.807, 2.05) is 0 Å². The molecule has 2 aromatic rings. The van der Waals surface area contributed by atoms with Crippen LogP contribution < -0.4 is 9.47 Å². The molecule has 0 saturated heterocycles. The second-order valence-corrected chi connectivity index (χ2v) is 4.64. The number of halogens is 2. The summed E-state index contributed by atoms with van der Waals surface area (Å²) in [5.74, 6) is -0.0856. The van der Waals surface area contributed by atoms with Crippen molar-refractivity contribution in [3.63, 3.8) is 0 Å². The molecule has 130 valence electrons. The summed E-state index contributed by atoms with van der Waals surface area (Å²) >= 11 is 0. The smallest absolute Gasteiger partial charge is 0.387 e. The molecule has 2 rings (SSSR count). The molecule has 0 unspecified atom stereocenters. The Morgan fingerprint density at radius 3 is 2.58 bits per heavy atom. The van der Waals surface area contributed by atoms with E-state index >= 15 is 0 Å². The van der Waals surface area contributed by atoms with Crippen molar-refractivity contribution in [3.05, 3.63) is 47.4 Å². The molecule has 8 heteroatoms. The molecule has 0 aliphatic heterocycles. The van der Waals surface area contributed by atoms with Crippen molar-refractivity contribution in [1.82, 2.24) is 0 Å². The number of rotatable bonds is 8. The van der Waals surface area contributed by atoms with Crippen LogP contribution in [0.5, 0.6) is 11.5 Å². The second-order valence-electron chi connectivity index (χ2n) is 4.64. The number of hydrogen-bond donors (Lipinski definition) is 0. The quantitative estimate of drug-likeness (QED) is 0.685. The van der Waals surface area contributed by atoms with Crippen LogP contribution in [0, 0.1) is 0 Å². The summed E-state index contributed by atoms with van der Waals surface area (Å²) in [7, 11) is 2.83. The molecule has 0 bridgehead atoms. The molecular weight excluding hydrogens is 326 g/mol. The highest BCUT2D eigenvalue weighted by Gasteiger charge is 2.15. The molecular formula is C16H16F2O6. The number of alkyl halides is 2. The van der Waals surface area contributed by atoms with Crippen LogP contribution in [-0.2, 0) is 22.7 Å². The van der Waals surface area contributed by atoms with Crippen molar-refractivity contribution in [1.29, 1.82) is 0 Å². The van der Waals surface area contributed by atoms with Gasteiger partial charge in [-0.15, -0.1) is 0 Å². The molecule has 24 heavy (non-hydrogen) atoms. The van der Waals surface area contributed by atoms with E-state index in [4.69, 9.17) is 18.6 Å². The fourth-order valence-electron chi connectivity index (χ4n) is 1.92. The highest BCUT2D eigenvalue weighted by Crippen LogP contribution is 2.29. The summed E-state index contributed by atoms with van der Waals surface area (Å²) in [6.45, 7) is -2.79. The monoisotopic (exact) mass is 342 g/mol. The fourth-order valence-corrected chi connectivity index (χ4v) is 1.92. The average Bonchev–Trinajstić information content (AvgIpc) is 3.02. The Hall–Kier alpha value is -2.61. The summed E-state index contributed by atoms with van der Waals surface area (Å²) in [6.07, 6.45) is 0. The third-order valence-electron chi connectivity index (χ3n) is 2.96. The Bertz CT molecular complexity index is 683. The zero-order valence-corrected chi connectivity index (χ0v) is 13.1. The van der Waals surface area contributed by atoms with Crippen molar-refractivity contribution in [2.45, 2.75) is 19.8 Å². The molecule has 1 heterocycles. The number of furan rings is 1. The largest absolute Gasteiger partial charge is 0.493 e. The van der Waals surface area contributed by atoms with Gasteiger partial charge in [0, 0.05) is 7.11 Å². The first-order valence-electron chi connectivity index (χ1n) is 6.90. The first-order chi connectivity index (χ1) is 11.5. The lowest BCUT2D eigenvalue weighted by Crippen LogP contribution is -2.06. The van der Waals surface area contributed by atoms with Crippen LogP contribution in [0.4, 0.5) is 8.78 Å². The highest BCUT2D eigenvalue weighted by molar-refractivity contribution is 5.86. The van der Waals surface area contributed by atoms with Gasteiger partial charge in [0.25, 0.3) is 0 Å². The zero-order valence-electron chi connectivity index (χ0n) is 13.1. The van der Waals surface area contributed by atoms with Crippen molar-refractivity contribution < 1.29 is 36.9 Å². The Morgan fingerprint density at radius 1 is 1.12 bits per heavy atom.